The van der Waals surface area contributed by atoms with Crippen LogP contribution in [0.5, 0.6) is 0 Å². The first kappa shape index (κ1) is 15.8. The highest BCUT2D eigenvalue weighted by Gasteiger charge is 2.14. The molecule has 1 aromatic carbocycles. The van der Waals surface area contributed by atoms with Crippen LogP contribution in [-0.4, -0.2) is 34.8 Å². The molecule has 0 bridgehead atoms. The van der Waals surface area contributed by atoms with Crippen molar-refractivity contribution in [1.82, 2.24) is 0 Å². The SMILES string of the molecule is CCCS(=O)c1ccccc1N(CCCl)CCCl. The number of hydrogen-bond donors (Lipinski definition) is 0. The normalized spacial score (nSPS) is 12.4. The predicted molar refractivity (Wildman–Crippen MR) is 81.7 cm³/mol. The Morgan fingerprint density at radius 1 is 1.17 bits per heavy atom. The van der Waals surface area contributed by atoms with Gasteiger partial charge in [0.15, 0.2) is 0 Å². The number of para-hydroxylation sites is 1. The Labute approximate surface area is 122 Å². The van der Waals surface area contributed by atoms with Gasteiger partial charge in [0, 0.05) is 30.6 Å². The molecule has 0 N–H and O–H groups in total. The Morgan fingerprint density at radius 3 is 2.33 bits per heavy atom. The zero-order valence-corrected chi connectivity index (χ0v) is 12.9. The lowest BCUT2D eigenvalue weighted by atomic mass is 10.3. The summed E-state index contributed by atoms with van der Waals surface area (Å²) >= 11 is 11.6. The summed E-state index contributed by atoms with van der Waals surface area (Å²) in [5, 5.41) is 0. The first-order chi connectivity index (χ1) is 8.74. The van der Waals surface area contributed by atoms with Crippen molar-refractivity contribution in [2.45, 2.75) is 18.2 Å². The second kappa shape index (κ2) is 8.78. The highest BCUT2D eigenvalue weighted by atomic mass is 35.5. The van der Waals surface area contributed by atoms with Crippen LogP contribution in [0.1, 0.15) is 13.3 Å². The number of rotatable bonds is 8. The molecule has 0 fully saturated rings. The minimum Gasteiger partial charge on any atom is -0.368 e. The summed E-state index contributed by atoms with van der Waals surface area (Å²) in [5.41, 5.74) is 0.991. The van der Waals surface area contributed by atoms with Crippen LogP contribution in [-0.2, 0) is 10.8 Å². The standard InChI is InChI=1S/C13H19Cl2NOS/c1-2-11-18(17)13-6-4-3-5-12(13)16(9-7-14)10-8-15/h3-6H,2,7-11H2,1H3. The Bertz CT molecular complexity index is 381. The quantitative estimate of drug-likeness (QED) is 0.685. The summed E-state index contributed by atoms with van der Waals surface area (Å²) in [5.74, 6) is 1.75. The molecule has 0 heterocycles. The number of halogens is 2. The summed E-state index contributed by atoms with van der Waals surface area (Å²) in [4.78, 5) is 2.98. The van der Waals surface area contributed by atoms with Crippen molar-refractivity contribution in [2.75, 3.05) is 35.5 Å². The van der Waals surface area contributed by atoms with Gasteiger partial charge in [-0.25, -0.2) is 0 Å². The molecule has 0 saturated heterocycles. The Balaban J connectivity index is 3.01. The van der Waals surface area contributed by atoms with E-state index < -0.39 is 10.8 Å². The molecule has 0 spiro atoms. The fraction of sp³-hybridized carbons (Fsp3) is 0.538. The number of benzene rings is 1. The van der Waals surface area contributed by atoms with E-state index in [9.17, 15) is 4.21 Å². The van der Waals surface area contributed by atoms with E-state index in [0.717, 1.165) is 17.0 Å². The van der Waals surface area contributed by atoms with Crippen molar-refractivity contribution < 1.29 is 4.21 Å². The maximum Gasteiger partial charge on any atom is 0.0621 e. The van der Waals surface area contributed by atoms with Gasteiger partial charge in [-0.15, -0.1) is 23.2 Å². The number of anilines is 1. The summed E-state index contributed by atoms with van der Waals surface area (Å²) < 4.78 is 12.2. The molecular formula is C13H19Cl2NOS. The van der Waals surface area contributed by atoms with Gasteiger partial charge in [-0.2, -0.15) is 0 Å². The van der Waals surface area contributed by atoms with Crippen molar-refractivity contribution in [3.05, 3.63) is 24.3 Å². The van der Waals surface area contributed by atoms with Gasteiger partial charge in [0.2, 0.25) is 0 Å². The molecule has 102 valence electrons. The van der Waals surface area contributed by atoms with Gasteiger partial charge in [-0.3, -0.25) is 4.21 Å². The van der Waals surface area contributed by atoms with Crippen LogP contribution < -0.4 is 4.90 Å². The second-order valence-corrected chi connectivity index (χ2v) is 6.18. The second-order valence-electron chi connectivity index (χ2n) is 3.88. The molecule has 0 aliphatic rings. The van der Waals surface area contributed by atoms with Crippen molar-refractivity contribution >= 4 is 39.7 Å². The fourth-order valence-corrected chi connectivity index (χ4v) is 3.42. The van der Waals surface area contributed by atoms with E-state index in [-0.39, 0.29) is 0 Å². The molecule has 2 nitrogen and oxygen atoms in total. The van der Waals surface area contributed by atoms with Gasteiger partial charge in [0.05, 0.1) is 21.4 Å². The molecule has 0 aromatic heterocycles. The molecule has 0 radical (unpaired) electrons. The van der Waals surface area contributed by atoms with E-state index in [2.05, 4.69) is 4.90 Å². The van der Waals surface area contributed by atoms with Crippen LogP contribution in [0, 0.1) is 0 Å². The Hall–Kier alpha value is -0.250. The van der Waals surface area contributed by atoms with Crippen LogP contribution in [0.4, 0.5) is 5.69 Å². The highest BCUT2D eigenvalue weighted by Crippen LogP contribution is 2.24. The third-order valence-electron chi connectivity index (χ3n) is 2.55. The first-order valence-electron chi connectivity index (χ1n) is 6.08. The molecule has 0 saturated carbocycles. The number of nitrogens with zero attached hydrogens (tertiary/aromatic N) is 1. The summed E-state index contributed by atoms with van der Waals surface area (Å²) in [6, 6.07) is 7.79. The number of alkyl halides is 2. The third-order valence-corrected chi connectivity index (χ3v) is 4.50. The van der Waals surface area contributed by atoms with E-state index in [0.29, 0.717) is 30.6 Å². The molecule has 1 atom stereocenters. The summed E-state index contributed by atoms with van der Waals surface area (Å²) in [6.07, 6.45) is 0.909. The lowest BCUT2D eigenvalue weighted by molar-refractivity contribution is 0.681. The minimum absolute atomic E-state index is 0.533. The van der Waals surface area contributed by atoms with Crippen LogP contribution in [0.2, 0.25) is 0 Å². The average Bonchev–Trinajstić information content (AvgIpc) is 2.39. The minimum atomic E-state index is -0.951. The predicted octanol–water partition coefficient (Wildman–Crippen LogP) is 3.49. The van der Waals surface area contributed by atoms with Crippen molar-refractivity contribution in [1.29, 1.82) is 0 Å². The van der Waals surface area contributed by atoms with E-state index in [1.165, 1.54) is 0 Å². The maximum absolute atomic E-state index is 12.2. The molecule has 0 amide bonds. The van der Waals surface area contributed by atoms with Gasteiger partial charge in [0.25, 0.3) is 0 Å². The average molecular weight is 308 g/mol. The molecule has 5 heteroatoms. The Morgan fingerprint density at radius 2 is 1.78 bits per heavy atom. The molecule has 0 aliphatic heterocycles. The maximum atomic E-state index is 12.2. The van der Waals surface area contributed by atoms with Gasteiger partial charge < -0.3 is 4.90 Å². The molecular weight excluding hydrogens is 289 g/mol. The van der Waals surface area contributed by atoms with Crippen LogP contribution in [0.25, 0.3) is 0 Å². The highest BCUT2D eigenvalue weighted by molar-refractivity contribution is 7.85. The molecule has 1 rings (SSSR count). The van der Waals surface area contributed by atoms with Crippen LogP contribution >= 0.6 is 23.2 Å². The lowest BCUT2D eigenvalue weighted by Gasteiger charge is -2.25. The molecule has 1 aromatic rings. The van der Waals surface area contributed by atoms with E-state index in [1.807, 2.05) is 31.2 Å². The fourth-order valence-electron chi connectivity index (χ4n) is 1.76. The van der Waals surface area contributed by atoms with Crippen molar-refractivity contribution in [3.63, 3.8) is 0 Å². The molecule has 0 aliphatic carbocycles. The van der Waals surface area contributed by atoms with Gasteiger partial charge in [-0.1, -0.05) is 19.1 Å². The van der Waals surface area contributed by atoms with E-state index >= 15 is 0 Å². The van der Waals surface area contributed by atoms with Gasteiger partial charge >= 0.3 is 0 Å². The van der Waals surface area contributed by atoms with Crippen LogP contribution in [0.15, 0.2) is 29.2 Å². The molecule has 18 heavy (non-hydrogen) atoms. The number of hydrogen-bond acceptors (Lipinski definition) is 2. The zero-order valence-electron chi connectivity index (χ0n) is 10.6. The summed E-state index contributed by atoms with van der Waals surface area (Å²) in [7, 11) is -0.951. The monoisotopic (exact) mass is 307 g/mol. The Kier molecular flexibility index (Phi) is 7.71. The first-order valence-corrected chi connectivity index (χ1v) is 8.47. The van der Waals surface area contributed by atoms with Crippen LogP contribution in [0.3, 0.4) is 0 Å². The van der Waals surface area contributed by atoms with Crippen molar-refractivity contribution in [3.8, 4) is 0 Å². The topological polar surface area (TPSA) is 20.3 Å². The largest absolute Gasteiger partial charge is 0.368 e. The van der Waals surface area contributed by atoms with Gasteiger partial charge in [-0.05, 0) is 18.6 Å². The molecule has 1 unspecified atom stereocenters. The smallest absolute Gasteiger partial charge is 0.0621 e. The van der Waals surface area contributed by atoms with Crippen molar-refractivity contribution in [2.24, 2.45) is 0 Å². The van der Waals surface area contributed by atoms with E-state index in [1.54, 1.807) is 0 Å². The van der Waals surface area contributed by atoms with Gasteiger partial charge in [0.1, 0.15) is 0 Å². The summed E-state index contributed by atoms with van der Waals surface area (Å²) in [6.45, 7) is 3.47. The third kappa shape index (κ3) is 4.45. The lowest BCUT2D eigenvalue weighted by Crippen LogP contribution is -2.28. The van der Waals surface area contributed by atoms with E-state index in [4.69, 9.17) is 23.2 Å². The zero-order chi connectivity index (χ0) is 13.4.